The van der Waals surface area contributed by atoms with Crippen molar-refractivity contribution in [1.29, 1.82) is 0 Å². The van der Waals surface area contributed by atoms with Crippen LogP contribution in [0.4, 0.5) is 8.78 Å². The van der Waals surface area contributed by atoms with Crippen molar-refractivity contribution in [3.8, 4) is 0 Å². The third-order valence-electron chi connectivity index (χ3n) is 7.70. The Hall–Kier alpha value is -4.39. The van der Waals surface area contributed by atoms with Crippen LogP contribution < -0.4 is 26.6 Å². The summed E-state index contributed by atoms with van der Waals surface area (Å²) < 4.78 is 27.1. The molecule has 1 aliphatic rings. The fraction of sp³-hybridized carbons (Fsp3) is 0.469. The molecule has 2 aromatic rings. The number of amides is 5. The number of hydrogen-bond donors (Lipinski definition) is 6. The zero-order chi connectivity index (χ0) is 33.3. The van der Waals surface area contributed by atoms with E-state index in [9.17, 15) is 37.9 Å². The molecule has 3 rings (SSSR count). The van der Waals surface area contributed by atoms with Gasteiger partial charge in [-0.25, -0.2) is 8.78 Å². The van der Waals surface area contributed by atoms with E-state index >= 15 is 0 Å². The van der Waals surface area contributed by atoms with Crippen LogP contribution >= 0.6 is 0 Å². The first kappa shape index (κ1) is 35.1. The molecule has 0 radical (unpaired) electrons. The zero-order valence-corrected chi connectivity index (χ0v) is 25.8. The third-order valence-corrected chi connectivity index (χ3v) is 7.70. The van der Waals surface area contributed by atoms with Crippen molar-refractivity contribution in [2.24, 2.45) is 5.92 Å². The average Bonchev–Trinajstić information content (AvgIpc) is 2.99. The highest BCUT2D eigenvalue weighted by atomic mass is 19.1. The normalized spacial score (nSPS) is 22.3. The van der Waals surface area contributed by atoms with Gasteiger partial charge >= 0.3 is 0 Å². The molecule has 0 bridgehead atoms. The Balaban J connectivity index is 1.89. The van der Waals surface area contributed by atoms with E-state index in [4.69, 9.17) is 0 Å². The molecule has 1 fully saturated rings. The smallest absolute Gasteiger partial charge is 0.245 e. The van der Waals surface area contributed by atoms with Gasteiger partial charge in [0, 0.05) is 18.4 Å². The molecular formula is C32H41F2N5O6. The molecule has 45 heavy (non-hydrogen) atoms. The molecule has 0 aromatic heterocycles. The molecule has 1 heterocycles. The van der Waals surface area contributed by atoms with E-state index in [0.29, 0.717) is 5.56 Å². The van der Waals surface area contributed by atoms with Gasteiger partial charge in [0.2, 0.25) is 29.5 Å². The first-order valence-corrected chi connectivity index (χ1v) is 14.8. The number of rotatable bonds is 7. The molecular weight excluding hydrogens is 588 g/mol. The predicted octanol–water partition coefficient (Wildman–Crippen LogP) is 1.50. The van der Waals surface area contributed by atoms with Gasteiger partial charge in [-0.2, -0.15) is 0 Å². The van der Waals surface area contributed by atoms with E-state index in [0.717, 1.165) is 17.7 Å². The van der Waals surface area contributed by atoms with Gasteiger partial charge in [0.25, 0.3) is 0 Å². The highest BCUT2D eigenvalue weighted by Gasteiger charge is 2.32. The summed E-state index contributed by atoms with van der Waals surface area (Å²) in [5.41, 5.74) is 0.529. The van der Waals surface area contributed by atoms with E-state index < -0.39 is 83.3 Å². The van der Waals surface area contributed by atoms with Gasteiger partial charge in [0.05, 0.1) is 19.1 Å². The van der Waals surface area contributed by atoms with Crippen LogP contribution in [0.3, 0.4) is 0 Å². The van der Waals surface area contributed by atoms with Crippen LogP contribution in [-0.2, 0) is 29.4 Å². The second-order valence-corrected chi connectivity index (χ2v) is 12.1. The van der Waals surface area contributed by atoms with Gasteiger partial charge in [-0.3, -0.25) is 24.0 Å². The third kappa shape index (κ3) is 10.1. The number of nitrogens with one attached hydrogen (secondary N) is 5. The van der Waals surface area contributed by atoms with Crippen molar-refractivity contribution >= 4 is 29.5 Å². The van der Waals surface area contributed by atoms with E-state index in [-0.39, 0.29) is 25.8 Å². The Kier molecular flexibility index (Phi) is 12.1. The predicted molar refractivity (Wildman–Crippen MR) is 161 cm³/mol. The van der Waals surface area contributed by atoms with Crippen molar-refractivity contribution in [1.82, 2.24) is 26.6 Å². The molecule has 2 aromatic carbocycles. The molecule has 4 atom stereocenters. The topological polar surface area (TPSA) is 166 Å². The van der Waals surface area contributed by atoms with E-state index in [2.05, 4.69) is 26.6 Å². The summed E-state index contributed by atoms with van der Waals surface area (Å²) in [6, 6.07) is 6.30. The van der Waals surface area contributed by atoms with Crippen LogP contribution in [0.5, 0.6) is 0 Å². The monoisotopic (exact) mass is 629 g/mol. The number of benzene rings is 2. The quantitative estimate of drug-likeness (QED) is 0.272. The van der Waals surface area contributed by atoms with Crippen molar-refractivity contribution in [3.63, 3.8) is 0 Å². The minimum absolute atomic E-state index is 0.111. The van der Waals surface area contributed by atoms with Crippen LogP contribution in [0, 0.1) is 17.6 Å². The molecule has 0 unspecified atom stereocenters. The van der Waals surface area contributed by atoms with Gasteiger partial charge in [0.1, 0.15) is 29.8 Å². The number of carbonyl (C=O) groups excluding carboxylic acids is 5. The van der Waals surface area contributed by atoms with Gasteiger partial charge in [0.15, 0.2) is 0 Å². The molecule has 0 aliphatic carbocycles. The lowest BCUT2D eigenvalue weighted by atomic mass is 9.84. The average molecular weight is 630 g/mol. The molecule has 1 aliphatic heterocycles. The molecule has 6 N–H and O–H groups in total. The molecule has 11 nitrogen and oxygen atoms in total. The number of halogens is 2. The Labute approximate surface area is 260 Å². The SMILES string of the molecule is CC(C)[C@H]1NC(=O)CC[C@@H](C(=O)NCC(C)(C)c2ccc(F)cc2)NC(=O)C[C@H](c2ccc(F)cc2)NC(=O)[C@H](CO)NC1=O. The van der Waals surface area contributed by atoms with Crippen LogP contribution in [0.1, 0.15) is 64.1 Å². The maximum atomic E-state index is 13.7. The van der Waals surface area contributed by atoms with Crippen molar-refractivity contribution in [3.05, 3.63) is 71.3 Å². The van der Waals surface area contributed by atoms with Crippen LogP contribution in [-0.4, -0.2) is 65.9 Å². The Bertz CT molecular complexity index is 1370. The molecule has 244 valence electrons. The summed E-state index contributed by atoms with van der Waals surface area (Å²) in [7, 11) is 0. The zero-order valence-electron chi connectivity index (χ0n) is 25.8. The maximum Gasteiger partial charge on any atom is 0.245 e. The van der Waals surface area contributed by atoms with Gasteiger partial charge < -0.3 is 31.7 Å². The Morgan fingerprint density at radius 3 is 2.07 bits per heavy atom. The summed E-state index contributed by atoms with van der Waals surface area (Å²) >= 11 is 0. The lowest BCUT2D eigenvalue weighted by molar-refractivity contribution is -0.134. The summed E-state index contributed by atoms with van der Waals surface area (Å²) in [6.07, 6.45) is -0.715. The maximum absolute atomic E-state index is 13.7. The molecule has 0 saturated carbocycles. The summed E-state index contributed by atoms with van der Waals surface area (Å²) in [5.74, 6) is -4.63. The second kappa shape index (κ2) is 15.6. The highest BCUT2D eigenvalue weighted by Crippen LogP contribution is 2.23. The minimum atomic E-state index is -1.41. The lowest BCUT2D eigenvalue weighted by Crippen LogP contribution is -2.56. The highest BCUT2D eigenvalue weighted by molar-refractivity contribution is 5.93. The molecule has 5 amide bonds. The van der Waals surface area contributed by atoms with E-state index in [1.165, 1.54) is 24.3 Å². The second-order valence-electron chi connectivity index (χ2n) is 12.1. The standard InChI is InChI=1S/C32H41F2N5O6/c1-18(2)28-31(45)38-25(16-40)30(44)37-24(19-5-9-21(33)10-6-19)15-27(42)36-23(13-14-26(41)39-28)29(43)35-17-32(3,4)20-7-11-22(34)12-8-20/h5-12,18,23-25,28,40H,13-17H2,1-4H3,(H,35,43)(H,36,42)(H,37,44)(H,38,45)(H,39,41)/t23-,24+,25-,28+/m0/s1. The molecule has 13 heteroatoms. The first-order valence-electron chi connectivity index (χ1n) is 14.8. The number of hydrogen-bond acceptors (Lipinski definition) is 6. The van der Waals surface area contributed by atoms with Crippen LogP contribution in [0.25, 0.3) is 0 Å². The van der Waals surface area contributed by atoms with E-state index in [1.54, 1.807) is 26.0 Å². The fourth-order valence-corrected chi connectivity index (χ4v) is 4.87. The van der Waals surface area contributed by atoms with Crippen molar-refractivity contribution in [2.45, 2.75) is 76.5 Å². The number of aliphatic hydroxyl groups is 1. The van der Waals surface area contributed by atoms with Crippen molar-refractivity contribution < 1.29 is 37.9 Å². The summed E-state index contributed by atoms with van der Waals surface area (Å²) in [4.78, 5) is 65.8. The van der Waals surface area contributed by atoms with Gasteiger partial charge in [-0.15, -0.1) is 0 Å². The fourth-order valence-electron chi connectivity index (χ4n) is 4.87. The molecule has 0 spiro atoms. The van der Waals surface area contributed by atoms with Crippen LogP contribution in [0.15, 0.2) is 48.5 Å². The van der Waals surface area contributed by atoms with Crippen LogP contribution in [0.2, 0.25) is 0 Å². The lowest BCUT2D eigenvalue weighted by Gasteiger charge is -2.27. The summed E-state index contributed by atoms with van der Waals surface area (Å²) in [5, 5.41) is 23.0. The first-order chi connectivity index (χ1) is 21.2. The summed E-state index contributed by atoms with van der Waals surface area (Å²) in [6.45, 7) is 6.45. The molecule has 1 saturated heterocycles. The Morgan fingerprint density at radius 1 is 0.889 bits per heavy atom. The van der Waals surface area contributed by atoms with Gasteiger partial charge in [-0.1, -0.05) is 52.0 Å². The Morgan fingerprint density at radius 2 is 1.49 bits per heavy atom. The van der Waals surface area contributed by atoms with E-state index in [1.807, 2.05) is 13.8 Å². The number of aliphatic hydroxyl groups excluding tert-OH is 1. The minimum Gasteiger partial charge on any atom is -0.394 e. The largest absolute Gasteiger partial charge is 0.394 e. The number of carbonyl (C=O) groups is 5. The van der Waals surface area contributed by atoms with Crippen molar-refractivity contribution in [2.75, 3.05) is 13.2 Å². The van der Waals surface area contributed by atoms with Gasteiger partial charge in [-0.05, 0) is 47.7 Å².